The molecule has 0 saturated carbocycles. The van der Waals surface area contributed by atoms with Gasteiger partial charge in [0.25, 0.3) is 0 Å². The van der Waals surface area contributed by atoms with Crippen LogP contribution in [-0.2, 0) is 10.0 Å². The van der Waals surface area contributed by atoms with Gasteiger partial charge in [-0.05, 0) is 24.6 Å². The topological polar surface area (TPSA) is 46.2 Å². The summed E-state index contributed by atoms with van der Waals surface area (Å²) in [5.74, 6) is -0.582. The molecule has 0 radical (unpaired) electrons. The molecular formula is C9H11BrFNO2S. The van der Waals surface area contributed by atoms with Crippen LogP contribution in [0.3, 0.4) is 0 Å². The Balaban J connectivity index is 3.04. The van der Waals surface area contributed by atoms with E-state index in [1.165, 1.54) is 12.1 Å². The number of nitrogens with one attached hydrogen (secondary N) is 1. The fourth-order valence-corrected chi connectivity index (χ4v) is 2.81. The Morgan fingerprint density at radius 3 is 2.60 bits per heavy atom. The van der Waals surface area contributed by atoms with Crippen LogP contribution in [0, 0.1) is 5.82 Å². The standard InChI is InChI=1S/C9H11BrFNO2S/c1-2-3-12-15(13,14)9-5-7(10)4-8(11)6-9/h4-6,12H,2-3H2,1H3. The van der Waals surface area contributed by atoms with E-state index in [0.29, 0.717) is 17.4 Å². The van der Waals surface area contributed by atoms with Gasteiger partial charge in [0.15, 0.2) is 0 Å². The fraction of sp³-hybridized carbons (Fsp3) is 0.333. The first kappa shape index (κ1) is 12.6. The summed E-state index contributed by atoms with van der Waals surface area (Å²) in [4.78, 5) is -0.0668. The zero-order valence-corrected chi connectivity index (χ0v) is 10.5. The van der Waals surface area contributed by atoms with Gasteiger partial charge in [-0.1, -0.05) is 22.9 Å². The molecule has 1 aromatic carbocycles. The van der Waals surface area contributed by atoms with Gasteiger partial charge in [0, 0.05) is 11.0 Å². The van der Waals surface area contributed by atoms with Crippen LogP contribution in [0.2, 0.25) is 0 Å². The van der Waals surface area contributed by atoms with Gasteiger partial charge >= 0.3 is 0 Å². The first-order valence-electron chi connectivity index (χ1n) is 4.41. The molecule has 0 spiro atoms. The van der Waals surface area contributed by atoms with Crippen LogP contribution >= 0.6 is 15.9 Å². The van der Waals surface area contributed by atoms with Gasteiger partial charge in [0.2, 0.25) is 10.0 Å². The smallest absolute Gasteiger partial charge is 0.211 e. The highest BCUT2D eigenvalue weighted by atomic mass is 79.9. The van der Waals surface area contributed by atoms with E-state index in [9.17, 15) is 12.8 Å². The molecule has 84 valence electrons. The molecule has 0 aliphatic heterocycles. The van der Waals surface area contributed by atoms with Gasteiger partial charge in [-0.15, -0.1) is 0 Å². The molecule has 1 aromatic rings. The van der Waals surface area contributed by atoms with Crippen molar-refractivity contribution < 1.29 is 12.8 Å². The Kier molecular flexibility index (Phi) is 4.24. The number of halogens is 2. The fourth-order valence-electron chi connectivity index (χ4n) is 1.00. The number of hydrogen-bond acceptors (Lipinski definition) is 2. The molecule has 0 bridgehead atoms. The maximum Gasteiger partial charge on any atom is 0.240 e. The second-order valence-electron chi connectivity index (χ2n) is 3.00. The second-order valence-corrected chi connectivity index (χ2v) is 5.69. The van der Waals surface area contributed by atoms with E-state index in [1.807, 2.05) is 6.92 Å². The average molecular weight is 296 g/mol. The average Bonchev–Trinajstić information content (AvgIpc) is 2.13. The molecule has 0 fully saturated rings. The van der Waals surface area contributed by atoms with Crippen molar-refractivity contribution in [3.05, 3.63) is 28.5 Å². The Morgan fingerprint density at radius 2 is 2.07 bits per heavy atom. The van der Waals surface area contributed by atoms with Gasteiger partial charge in [-0.25, -0.2) is 17.5 Å². The van der Waals surface area contributed by atoms with E-state index in [0.717, 1.165) is 6.07 Å². The summed E-state index contributed by atoms with van der Waals surface area (Å²) in [5.41, 5.74) is 0. The predicted octanol–water partition coefficient (Wildman–Crippen LogP) is 2.28. The number of rotatable bonds is 4. The summed E-state index contributed by atoms with van der Waals surface area (Å²) in [6, 6.07) is 3.56. The molecule has 15 heavy (non-hydrogen) atoms. The number of benzene rings is 1. The van der Waals surface area contributed by atoms with Crippen molar-refractivity contribution in [1.82, 2.24) is 4.72 Å². The van der Waals surface area contributed by atoms with Crippen LogP contribution in [0.1, 0.15) is 13.3 Å². The molecule has 1 N–H and O–H groups in total. The maximum absolute atomic E-state index is 13.0. The Bertz CT molecular complexity index is 427. The van der Waals surface area contributed by atoms with Gasteiger partial charge in [-0.2, -0.15) is 0 Å². The monoisotopic (exact) mass is 295 g/mol. The van der Waals surface area contributed by atoms with Gasteiger partial charge in [-0.3, -0.25) is 0 Å². The first-order valence-corrected chi connectivity index (χ1v) is 6.69. The van der Waals surface area contributed by atoms with Crippen molar-refractivity contribution in [3.8, 4) is 0 Å². The van der Waals surface area contributed by atoms with Crippen LogP contribution in [-0.4, -0.2) is 15.0 Å². The SMILES string of the molecule is CCCNS(=O)(=O)c1cc(F)cc(Br)c1. The Hall–Kier alpha value is -0.460. The lowest BCUT2D eigenvalue weighted by Gasteiger charge is -2.05. The van der Waals surface area contributed by atoms with Crippen LogP contribution in [0.25, 0.3) is 0 Å². The molecule has 0 unspecified atom stereocenters. The Labute approximate surface area is 96.9 Å². The largest absolute Gasteiger partial charge is 0.240 e. The molecular weight excluding hydrogens is 285 g/mol. The number of sulfonamides is 1. The van der Waals surface area contributed by atoms with Crippen molar-refractivity contribution in [2.45, 2.75) is 18.2 Å². The second kappa shape index (κ2) is 5.05. The normalized spacial score (nSPS) is 11.7. The van der Waals surface area contributed by atoms with Crippen LogP contribution in [0.5, 0.6) is 0 Å². The van der Waals surface area contributed by atoms with Gasteiger partial charge in [0.1, 0.15) is 5.82 Å². The van der Waals surface area contributed by atoms with Crippen LogP contribution in [0.15, 0.2) is 27.6 Å². The zero-order chi connectivity index (χ0) is 11.5. The third-order valence-corrected chi connectivity index (χ3v) is 3.59. The molecule has 0 atom stereocenters. The quantitative estimate of drug-likeness (QED) is 0.926. The Morgan fingerprint density at radius 1 is 1.40 bits per heavy atom. The van der Waals surface area contributed by atoms with E-state index in [4.69, 9.17) is 0 Å². The van der Waals surface area contributed by atoms with E-state index in [2.05, 4.69) is 20.7 Å². The van der Waals surface area contributed by atoms with Gasteiger partial charge < -0.3 is 0 Å². The van der Waals surface area contributed by atoms with E-state index >= 15 is 0 Å². The minimum atomic E-state index is -3.59. The van der Waals surface area contributed by atoms with E-state index in [-0.39, 0.29) is 4.90 Å². The lowest BCUT2D eigenvalue weighted by atomic mass is 10.3. The van der Waals surface area contributed by atoms with Crippen LogP contribution < -0.4 is 4.72 Å². The summed E-state index contributed by atoms with van der Waals surface area (Å²) in [6.45, 7) is 2.19. The van der Waals surface area contributed by atoms with E-state index < -0.39 is 15.8 Å². The summed E-state index contributed by atoms with van der Waals surface area (Å²) in [7, 11) is -3.59. The van der Waals surface area contributed by atoms with Crippen molar-refractivity contribution >= 4 is 26.0 Å². The third kappa shape index (κ3) is 3.55. The maximum atomic E-state index is 13.0. The molecule has 6 heteroatoms. The molecule has 0 aromatic heterocycles. The molecule has 3 nitrogen and oxygen atoms in total. The van der Waals surface area contributed by atoms with Crippen molar-refractivity contribution in [2.24, 2.45) is 0 Å². The van der Waals surface area contributed by atoms with E-state index in [1.54, 1.807) is 0 Å². The van der Waals surface area contributed by atoms with Crippen molar-refractivity contribution in [2.75, 3.05) is 6.54 Å². The zero-order valence-electron chi connectivity index (χ0n) is 8.13. The van der Waals surface area contributed by atoms with Crippen molar-refractivity contribution in [1.29, 1.82) is 0 Å². The molecule has 0 aliphatic carbocycles. The highest BCUT2D eigenvalue weighted by Crippen LogP contribution is 2.18. The third-order valence-electron chi connectivity index (χ3n) is 1.69. The minimum absolute atomic E-state index is 0.0668. The molecule has 0 amide bonds. The summed E-state index contributed by atoms with van der Waals surface area (Å²) >= 11 is 3.04. The number of hydrogen-bond donors (Lipinski definition) is 1. The van der Waals surface area contributed by atoms with Gasteiger partial charge in [0.05, 0.1) is 4.90 Å². The van der Waals surface area contributed by atoms with Crippen molar-refractivity contribution in [3.63, 3.8) is 0 Å². The minimum Gasteiger partial charge on any atom is -0.211 e. The summed E-state index contributed by atoms with van der Waals surface area (Å²) < 4.78 is 38.9. The van der Waals surface area contributed by atoms with Crippen LogP contribution in [0.4, 0.5) is 4.39 Å². The molecule has 0 aliphatic rings. The summed E-state index contributed by atoms with van der Waals surface area (Å²) in [6.07, 6.45) is 0.690. The highest BCUT2D eigenvalue weighted by molar-refractivity contribution is 9.10. The summed E-state index contributed by atoms with van der Waals surface area (Å²) in [5, 5.41) is 0. The molecule has 0 saturated heterocycles. The lowest BCUT2D eigenvalue weighted by molar-refractivity contribution is 0.576. The lowest BCUT2D eigenvalue weighted by Crippen LogP contribution is -2.24. The highest BCUT2D eigenvalue weighted by Gasteiger charge is 2.14. The predicted molar refractivity (Wildman–Crippen MR) is 59.6 cm³/mol. The molecule has 0 heterocycles. The first-order chi connectivity index (χ1) is 6.95. The molecule has 1 rings (SSSR count).